The summed E-state index contributed by atoms with van der Waals surface area (Å²) < 4.78 is 5.69. The van der Waals surface area contributed by atoms with Gasteiger partial charge in [0.05, 0.1) is 0 Å². The molecule has 2 aromatic carbocycles. The van der Waals surface area contributed by atoms with Gasteiger partial charge in [-0.1, -0.05) is 30.3 Å². The van der Waals surface area contributed by atoms with Crippen molar-refractivity contribution in [1.29, 1.82) is 0 Å². The van der Waals surface area contributed by atoms with Crippen molar-refractivity contribution in [2.45, 2.75) is 6.92 Å². The van der Waals surface area contributed by atoms with Crippen molar-refractivity contribution >= 4 is 6.29 Å². The summed E-state index contributed by atoms with van der Waals surface area (Å²) in [6.07, 6.45) is 0.840. The van der Waals surface area contributed by atoms with E-state index < -0.39 is 0 Å². The Bertz CT molecular complexity index is 489. The molecule has 0 aliphatic heterocycles. The first-order chi connectivity index (χ1) is 7.81. The van der Waals surface area contributed by atoms with Gasteiger partial charge in [0.2, 0.25) is 0 Å². The monoisotopic (exact) mass is 212 g/mol. The van der Waals surface area contributed by atoms with Gasteiger partial charge in [0, 0.05) is 11.1 Å². The number of para-hydroxylation sites is 1. The zero-order valence-corrected chi connectivity index (χ0v) is 9.01. The van der Waals surface area contributed by atoms with Gasteiger partial charge in [-0.15, -0.1) is 0 Å². The molecular formula is C14H12O2. The summed E-state index contributed by atoms with van der Waals surface area (Å²) >= 11 is 0. The van der Waals surface area contributed by atoms with Crippen molar-refractivity contribution in [2.24, 2.45) is 0 Å². The van der Waals surface area contributed by atoms with Gasteiger partial charge < -0.3 is 4.74 Å². The third kappa shape index (κ3) is 2.11. The van der Waals surface area contributed by atoms with E-state index in [0.717, 1.165) is 23.3 Å². The average Bonchev–Trinajstić information content (AvgIpc) is 2.33. The molecule has 0 heterocycles. The highest BCUT2D eigenvalue weighted by Gasteiger charge is 2.04. The summed E-state index contributed by atoms with van der Waals surface area (Å²) in [5.41, 5.74) is 1.52. The first-order valence-corrected chi connectivity index (χ1v) is 5.09. The van der Waals surface area contributed by atoms with Crippen LogP contribution in [0.5, 0.6) is 11.5 Å². The molecule has 0 aromatic heterocycles. The molecule has 80 valence electrons. The fraction of sp³-hybridized carbons (Fsp3) is 0.0714. The Balaban J connectivity index is 2.32. The van der Waals surface area contributed by atoms with Crippen molar-refractivity contribution < 1.29 is 9.53 Å². The average molecular weight is 212 g/mol. The van der Waals surface area contributed by atoms with Crippen LogP contribution in [-0.4, -0.2) is 6.29 Å². The van der Waals surface area contributed by atoms with Crippen LogP contribution in [-0.2, 0) is 0 Å². The normalized spacial score (nSPS) is 9.81. The Morgan fingerprint density at radius 1 is 1.00 bits per heavy atom. The van der Waals surface area contributed by atoms with Gasteiger partial charge in [0.15, 0.2) is 0 Å². The quantitative estimate of drug-likeness (QED) is 0.726. The molecule has 0 saturated heterocycles. The van der Waals surface area contributed by atoms with Crippen LogP contribution in [0.1, 0.15) is 15.9 Å². The molecule has 0 fully saturated rings. The molecule has 0 aliphatic rings. The van der Waals surface area contributed by atoms with E-state index in [-0.39, 0.29) is 0 Å². The fourth-order valence-electron chi connectivity index (χ4n) is 1.49. The van der Waals surface area contributed by atoms with Gasteiger partial charge in [0.1, 0.15) is 17.8 Å². The van der Waals surface area contributed by atoms with Crippen LogP contribution in [0.25, 0.3) is 0 Å². The van der Waals surface area contributed by atoms with Crippen LogP contribution in [0.2, 0.25) is 0 Å². The first kappa shape index (κ1) is 10.4. The van der Waals surface area contributed by atoms with Gasteiger partial charge in [-0.2, -0.15) is 0 Å². The topological polar surface area (TPSA) is 26.3 Å². The fourth-order valence-corrected chi connectivity index (χ4v) is 1.49. The zero-order valence-electron chi connectivity index (χ0n) is 9.01. The lowest BCUT2D eigenvalue weighted by molar-refractivity contribution is 0.112. The minimum absolute atomic E-state index is 0.661. The summed E-state index contributed by atoms with van der Waals surface area (Å²) in [7, 11) is 0. The lowest BCUT2D eigenvalue weighted by Crippen LogP contribution is -1.91. The van der Waals surface area contributed by atoms with Gasteiger partial charge in [0.25, 0.3) is 0 Å². The van der Waals surface area contributed by atoms with E-state index in [1.807, 2.05) is 49.4 Å². The maximum atomic E-state index is 10.8. The number of benzene rings is 2. The van der Waals surface area contributed by atoms with E-state index in [0.29, 0.717) is 5.56 Å². The number of hydrogen-bond acceptors (Lipinski definition) is 2. The smallest absolute Gasteiger partial charge is 0.150 e. The number of carbonyl (C=O) groups is 1. The van der Waals surface area contributed by atoms with E-state index in [4.69, 9.17) is 4.74 Å². The minimum Gasteiger partial charge on any atom is -0.457 e. The summed E-state index contributed by atoms with van der Waals surface area (Å²) in [6.45, 7) is 1.88. The third-order valence-corrected chi connectivity index (χ3v) is 2.42. The van der Waals surface area contributed by atoms with Crippen LogP contribution in [0.15, 0.2) is 48.5 Å². The lowest BCUT2D eigenvalue weighted by atomic mass is 10.1. The molecule has 0 unspecified atom stereocenters. The minimum atomic E-state index is 0.661. The standard InChI is InChI=1S/C14H12O2/c1-11-12(10-15)6-5-9-14(11)16-13-7-3-2-4-8-13/h2-10H,1H3. The predicted molar refractivity (Wildman–Crippen MR) is 63.1 cm³/mol. The molecule has 2 aromatic rings. The van der Waals surface area contributed by atoms with Crippen molar-refractivity contribution in [3.8, 4) is 11.5 Å². The maximum absolute atomic E-state index is 10.8. The Kier molecular flexibility index (Phi) is 3.01. The van der Waals surface area contributed by atoms with E-state index in [1.54, 1.807) is 6.07 Å². The van der Waals surface area contributed by atoms with Crippen LogP contribution in [0.3, 0.4) is 0 Å². The van der Waals surface area contributed by atoms with Gasteiger partial charge in [-0.25, -0.2) is 0 Å². The summed E-state index contributed by atoms with van der Waals surface area (Å²) in [6, 6.07) is 15.0. The molecule has 16 heavy (non-hydrogen) atoms. The molecule has 0 saturated carbocycles. The maximum Gasteiger partial charge on any atom is 0.150 e. The van der Waals surface area contributed by atoms with E-state index >= 15 is 0 Å². The van der Waals surface area contributed by atoms with Crippen molar-refractivity contribution in [3.63, 3.8) is 0 Å². The van der Waals surface area contributed by atoms with Crippen molar-refractivity contribution in [2.75, 3.05) is 0 Å². The molecule has 0 atom stereocenters. The molecule has 2 nitrogen and oxygen atoms in total. The van der Waals surface area contributed by atoms with E-state index in [1.165, 1.54) is 0 Å². The molecule has 0 N–H and O–H groups in total. The molecule has 0 aliphatic carbocycles. The highest BCUT2D eigenvalue weighted by molar-refractivity contribution is 5.78. The second-order valence-electron chi connectivity index (χ2n) is 3.50. The van der Waals surface area contributed by atoms with Crippen LogP contribution >= 0.6 is 0 Å². The van der Waals surface area contributed by atoms with Crippen molar-refractivity contribution in [3.05, 3.63) is 59.7 Å². The molecule has 2 heteroatoms. The predicted octanol–water partition coefficient (Wildman–Crippen LogP) is 3.60. The Labute approximate surface area is 94.5 Å². The second kappa shape index (κ2) is 4.62. The number of aldehydes is 1. The highest BCUT2D eigenvalue weighted by Crippen LogP contribution is 2.26. The Morgan fingerprint density at radius 2 is 1.75 bits per heavy atom. The van der Waals surface area contributed by atoms with Crippen molar-refractivity contribution in [1.82, 2.24) is 0 Å². The zero-order chi connectivity index (χ0) is 11.4. The number of hydrogen-bond donors (Lipinski definition) is 0. The molecule has 0 radical (unpaired) electrons. The van der Waals surface area contributed by atoms with Gasteiger partial charge in [-0.05, 0) is 25.1 Å². The number of ether oxygens (including phenoxy) is 1. The Morgan fingerprint density at radius 3 is 2.44 bits per heavy atom. The van der Waals surface area contributed by atoms with Gasteiger partial charge in [-0.3, -0.25) is 4.79 Å². The molecule has 0 bridgehead atoms. The molecule has 2 rings (SSSR count). The van der Waals surface area contributed by atoms with E-state index in [9.17, 15) is 4.79 Å². The van der Waals surface area contributed by atoms with Crippen LogP contribution in [0.4, 0.5) is 0 Å². The first-order valence-electron chi connectivity index (χ1n) is 5.09. The number of rotatable bonds is 3. The number of carbonyl (C=O) groups excluding carboxylic acids is 1. The molecule has 0 spiro atoms. The van der Waals surface area contributed by atoms with E-state index in [2.05, 4.69) is 0 Å². The van der Waals surface area contributed by atoms with Crippen LogP contribution in [0, 0.1) is 6.92 Å². The highest BCUT2D eigenvalue weighted by atomic mass is 16.5. The largest absolute Gasteiger partial charge is 0.457 e. The molecule has 0 amide bonds. The summed E-state index contributed by atoms with van der Waals surface area (Å²) in [4.78, 5) is 10.8. The third-order valence-electron chi connectivity index (χ3n) is 2.42. The molecular weight excluding hydrogens is 200 g/mol. The second-order valence-corrected chi connectivity index (χ2v) is 3.50. The Hall–Kier alpha value is -2.09. The van der Waals surface area contributed by atoms with Crippen LogP contribution < -0.4 is 4.74 Å². The summed E-state index contributed by atoms with van der Waals surface area (Å²) in [5.74, 6) is 1.49. The summed E-state index contributed by atoms with van der Waals surface area (Å²) in [5, 5.41) is 0. The SMILES string of the molecule is Cc1c(C=O)cccc1Oc1ccccc1. The lowest BCUT2D eigenvalue weighted by Gasteiger charge is -2.09. The van der Waals surface area contributed by atoms with Gasteiger partial charge >= 0.3 is 0 Å².